The standard InChI is InChI=1S/C11H6Cl2F3NO2/c12-10(13)7(17-9(19)11(14,15)16)5-3-1-2-4-6(5)8(10)18/h1-4,7H,(H,17,19). The average molecular weight is 312 g/mol. The summed E-state index contributed by atoms with van der Waals surface area (Å²) in [5.74, 6) is -2.94. The number of Topliss-reactive ketones (excluding diaryl/α,β-unsaturated/α-hetero) is 1. The summed E-state index contributed by atoms with van der Waals surface area (Å²) >= 11 is 11.6. The number of nitrogens with one attached hydrogen (secondary N) is 1. The van der Waals surface area contributed by atoms with Crippen molar-refractivity contribution in [1.82, 2.24) is 5.32 Å². The van der Waals surface area contributed by atoms with Gasteiger partial charge in [-0.25, -0.2) is 0 Å². The fourth-order valence-electron chi connectivity index (χ4n) is 1.84. The molecule has 1 aromatic carbocycles. The van der Waals surface area contributed by atoms with Crippen LogP contribution in [0.5, 0.6) is 0 Å². The van der Waals surface area contributed by atoms with Crippen molar-refractivity contribution in [2.24, 2.45) is 0 Å². The fraction of sp³-hybridized carbons (Fsp3) is 0.273. The van der Waals surface area contributed by atoms with Crippen LogP contribution in [-0.2, 0) is 4.79 Å². The summed E-state index contributed by atoms with van der Waals surface area (Å²) in [6, 6.07) is 4.37. The molecule has 1 N–H and O–H groups in total. The lowest BCUT2D eigenvalue weighted by atomic mass is 10.1. The molecule has 0 radical (unpaired) electrons. The number of alkyl halides is 5. The number of rotatable bonds is 1. The predicted molar refractivity (Wildman–Crippen MR) is 62.1 cm³/mol. The smallest absolute Gasteiger partial charge is 0.338 e. The van der Waals surface area contributed by atoms with Gasteiger partial charge < -0.3 is 5.32 Å². The van der Waals surface area contributed by atoms with Crippen LogP contribution in [0.15, 0.2) is 24.3 Å². The maximum Gasteiger partial charge on any atom is 0.471 e. The van der Waals surface area contributed by atoms with Crippen molar-refractivity contribution >= 4 is 34.9 Å². The second kappa shape index (κ2) is 4.38. The highest BCUT2D eigenvalue weighted by atomic mass is 35.5. The lowest BCUT2D eigenvalue weighted by Gasteiger charge is -2.23. The molecule has 0 heterocycles. The molecule has 1 aliphatic rings. The summed E-state index contributed by atoms with van der Waals surface area (Å²) in [5.41, 5.74) is 0.259. The van der Waals surface area contributed by atoms with Crippen LogP contribution < -0.4 is 5.32 Å². The van der Waals surface area contributed by atoms with Gasteiger partial charge in [-0.05, 0) is 5.56 Å². The average Bonchev–Trinajstić information content (AvgIpc) is 2.50. The van der Waals surface area contributed by atoms with Crippen LogP contribution in [0.1, 0.15) is 22.0 Å². The fourth-order valence-corrected chi connectivity index (χ4v) is 2.39. The molecule has 0 spiro atoms. The zero-order chi connectivity index (χ0) is 14.4. The molecule has 0 saturated heterocycles. The Bertz CT molecular complexity index is 557. The number of fused-ring (bicyclic) bond motifs is 1. The molecule has 2 rings (SSSR count). The van der Waals surface area contributed by atoms with E-state index in [2.05, 4.69) is 0 Å². The first kappa shape index (κ1) is 14.1. The van der Waals surface area contributed by atoms with Crippen LogP contribution in [0, 0.1) is 0 Å². The Hall–Kier alpha value is -1.27. The highest BCUT2D eigenvalue weighted by Gasteiger charge is 2.53. The third kappa shape index (κ3) is 2.30. The number of carbonyl (C=O) groups excluding carboxylic acids is 2. The van der Waals surface area contributed by atoms with E-state index in [1.165, 1.54) is 24.3 Å². The van der Waals surface area contributed by atoms with Gasteiger partial charge in [0.05, 0.1) is 6.04 Å². The van der Waals surface area contributed by atoms with Crippen LogP contribution in [0.2, 0.25) is 0 Å². The monoisotopic (exact) mass is 311 g/mol. The van der Waals surface area contributed by atoms with E-state index in [1.807, 2.05) is 0 Å². The van der Waals surface area contributed by atoms with E-state index in [-0.39, 0.29) is 11.1 Å². The Morgan fingerprint density at radius 1 is 1.26 bits per heavy atom. The van der Waals surface area contributed by atoms with Gasteiger partial charge in [-0.2, -0.15) is 13.2 Å². The van der Waals surface area contributed by atoms with Crippen LogP contribution in [-0.4, -0.2) is 22.2 Å². The first-order valence-electron chi connectivity index (χ1n) is 5.05. The highest BCUT2D eigenvalue weighted by Crippen LogP contribution is 2.46. The highest BCUT2D eigenvalue weighted by molar-refractivity contribution is 6.61. The van der Waals surface area contributed by atoms with E-state index >= 15 is 0 Å². The Labute approximate surface area is 115 Å². The van der Waals surface area contributed by atoms with E-state index < -0.39 is 28.2 Å². The molecule has 1 atom stereocenters. The van der Waals surface area contributed by atoms with Gasteiger partial charge in [0.2, 0.25) is 10.1 Å². The van der Waals surface area contributed by atoms with Gasteiger partial charge in [0.1, 0.15) is 0 Å². The van der Waals surface area contributed by atoms with Gasteiger partial charge in [-0.1, -0.05) is 47.5 Å². The number of hydrogen-bond donors (Lipinski definition) is 1. The zero-order valence-electron chi connectivity index (χ0n) is 9.09. The second-order valence-corrected chi connectivity index (χ2v) is 5.33. The molecular formula is C11H6Cl2F3NO2. The molecule has 0 fully saturated rings. The van der Waals surface area contributed by atoms with Crippen molar-refractivity contribution in [3.63, 3.8) is 0 Å². The minimum atomic E-state index is -5.08. The zero-order valence-corrected chi connectivity index (χ0v) is 10.6. The number of halogens is 5. The van der Waals surface area contributed by atoms with Crippen molar-refractivity contribution < 1.29 is 22.8 Å². The Balaban J connectivity index is 2.40. The van der Waals surface area contributed by atoms with Crippen LogP contribution in [0.25, 0.3) is 0 Å². The van der Waals surface area contributed by atoms with Crippen molar-refractivity contribution in [3.05, 3.63) is 35.4 Å². The lowest BCUT2D eigenvalue weighted by molar-refractivity contribution is -0.174. The van der Waals surface area contributed by atoms with Gasteiger partial charge in [0.15, 0.2) is 0 Å². The van der Waals surface area contributed by atoms with E-state index in [1.54, 1.807) is 5.32 Å². The van der Waals surface area contributed by atoms with Gasteiger partial charge >= 0.3 is 12.1 Å². The molecule has 8 heteroatoms. The first-order chi connectivity index (χ1) is 8.65. The maximum absolute atomic E-state index is 12.2. The number of ketones is 1. The summed E-state index contributed by atoms with van der Waals surface area (Å²) in [4.78, 5) is 22.8. The quantitative estimate of drug-likeness (QED) is 0.811. The second-order valence-electron chi connectivity index (χ2n) is 3.94. The van der Waals surface area contributed by atoms with E-state index in [4.69, 9.17) is 23.2 Å². The number of carbonyl (C=O) groups is 2. The maximum atomic E-state index is 12.2. The van der Waals surface area contributed by atoms with Gasteiger partial charge in [-0.3, -0.25) is 9.59 Å². The normalized spacial score (nSPS) is 21.1. The van der Waals surface area contributed by atoms with Crippen LogP contribution >= 0.6 is 23.2 Å². The van der Waals surface area contributed by atoms with Crippen LogP contribution in [0.3, 0.4) is 0 Å². The topological polar surface area (TPSA) is 46.2 Å². The third-order valence-corrected chi connectivity index (χ3v) is 3.49. The summed E-state index contributed by atoms with van der Waals surface area (Å²) in [6.07, 6.45) is -5.08. The molecule has 3 nitrogen and oxygen atoms in total. The molecule has 1 amide bonds. The Morgan fingerprint density at radius 2 is 1.84 bits per heavy atom. The van der Waals surface area contributed by atoms with E-state index in [0.717, 1.165) is 0 Å². The van der Waals surface area contributed by atoms with Gasteiger partial charge in [0.25, 0.3) is 0 Å². The summed E-state index contributed by atoms with van der Waals surface area (Å²) in [6.45, 7) is 0. The molecule has 0 aromatic heterocycles. The van der Waals surface area contributed by atoms with Crippen LogP contribution in [0.4, 0.5) is 13.2 Å². The number of hydrogen-bond acceptors (Lipinski definition) is 2. The molecule has 1 aromatic rings. The van der Waals surface area contributed by atoms with E-state index in [9.17, 15) is 22.8 Å². The lowest BCUT2D eigenvalue weighted by Crippen LogP contribution is -2.44. The number of benzene rings is 1. The minimum absolute atomic E-state index is 0.0972. The van der Waals surface area contributed by atoms with Crippen molar-refractivity contribution in [2.45, 2.75) is 16.6 Å². The predicted octanol–water partition coefficient (Wildman–Crippen LogP) is 2.78. The third-order valence-electron chi connectivity index (χ3n) is 2.71. The van der Waals surface area contributed by atoms with Gasteiger partial charge in [-0.15, -0.1) is 0 Å². The van der Waals surface area contributed by atoms with Crippen molar-refractivity contribution in [3.8, 4) is 0 Å². The molecule has 102 valence electrons. The molecule has 1 aliphatic carbocycles. The first-order valence-corrected chi connectivity index (χ1v) is 5.80. The SMILES string of the molecule is O=C(NC1c2ccccc2C(=O)C1(Cl)Cl)C(F)(F)F. The number of amides is 1. The minimum Gasteiger partial charge on any atom is -0.338 e. The Morgan fingerprint density at radius 3 is 2.42 bits per heavy atom. The largest absolute Gasteiger partial charge is 0.471 e. The summed E-state index contributed by atoms with van der Waals surface area (Å²) in [5, 5.41) is 1.65. The van der Waals surface area contributed by atoms with E-state index in [0.29, 0.717) is 0 Å². The molecule has 0 aliphatic heterocycles. The summed E-state index contributed by atoms with van der Waals surface area (Å²) in [7, 11) is 0. The molecule has 0 bridgehead atoms. The van der Waals surface area contributed by atoms with Crippen molar-refractivity contribution in [2.75, 3.05) is 0 Å². The molecule has 0 saturated carbocycles. The molecule has 1 unspecified atom stereocenters. The summed E-state index contributed by atoms with van der Waals surface area (Å²) < 4.78 is 34.6. The Kier molecular flexibility index (Phi) is 3.26. The van der Waals surface area contributed by atoms with Gasteiger partial charge in [0, 0.05) is 5.56 Å². The molecular weight excluding hydrogens is 306 g/mol. The van der Waals surface area contributed by atoms with Crippen molar-refractivity contribution in [1.29, 1.82) is 0 Å². The molecule has 19 heavy (non-hydrogen) atoms.